The third-order valence-electron chi connectivity index (χ3n) is 2.93. The molecule has 0 heterocycles. The van der Waals surface area contributed by atoms with Gasteiger partial charge in [0.15, 0.2) is 0 Å². The predicted octanol–water partition coefficient (Wildman–Crippen LogP) is 3.85. The Kier molecular flexibility index (Phi) is 4.00. The Balaban J connectivity index is 2.48. The Bertz CT molecular complexity index is 544. The minimum absolute atomic E-state index is 0.534. The van der Waals surface area contributed by atoms with Gasteiger partial charge in [-0.05, 0) is 18.7 Å². The Hall–Kier alpha value is -1.80. The maximum absolute atomic E-state index is 9.82. The molecule has 0 aliphatic carbocycles. The highest BCUT2D eigenvalue weighted by molar-refractivity contribution is 5.89. The molecule has 0 aliphatic rings. The van der Waals surface area contributed by atoms with E-state index in [9.17, 15) is 5.11 Å². The Labute approximate surface area is 108 Å². The van der Waals surface area contributed by atoms with Gasteiger partial charge in [0.1, 0.15) is 5.75 Å². The van der Waals surface area contributed by atoms with Crippen LogP contribution < -0.4 is 4.74 Å². The van der Waals surface area contributed by atoms with Crippen LogP contribution in [0.2, 0.25) is 0 Å². The first-order valence-electron chi connectivity index (χ1n) is 6.17. The smallest absolute Gasteiger partial charge is 0.132 e. The summed E-state index contributed by atoms with van der Waals surface area (Å²) in [6, 6.07) is 12.0. The molecule has 2 rings (SSSR count). The molecule has 0 aromatic heterocycles. The zero-order valence-electron chi connectivity index (χ0n) is 10.6. The summed E-state index contributed by atoms with van der Waals surface area (Å²) in [5.74, 6) is 0.782. The maximum atomic E-state index is 9.82. The van der Waals surface area contributed by atoms with Gasteiger partial charge in [-0.3, -0.25) is 0 Å². The lowest BCUT2D eigenvalue weighted by Gasteiger charge is -2.15. The van der Waals surface area contributed by atoms with Crippen LogP contribution in [0.3, 0.4) is 0 Å². The summed E-state index contributed by atoms with van der Waals surface area (Å²) >= 11 is 0. The van der Waals surface area contributed by atoms with E-state index in [1.54, 1.807) is 6.92 Å². The first kappa shape index (κ1) is 12.7. The second-order valence-corrected chi connectivity index (χ2v) is 4.31. The van der Waals surface area contributed by atoms with Crippen LogP contribution >= 0.6 is 0 Å². The fourth-order valence-electron chi connectivity index (χ4n) is 1.99. The van der Waals surface area contributed by atoms with E-state index in [1.165, 1.54) is 0 Å². The number of aliphatic hydroxyl groups is 1. The van der Waals surface area contributed by atoms with Crippen molar-refractivity contribution >= 4 is 10.8 Å². The van der Waals surface area contributed by atoms with Crippen molar-refractivity contribution in [2.75, 3.05) is 6.61 Å². The lowest BCUT2D eigenvalue weighted by Crippen LogP contribution is -2.02. The van der Waals surface area contributed by atoms with Crippen molar-refractivity contribution in [3.63, 3.8) is 0 Å². The normalized spacial score (nSPS) is 12.3. The largest absolute Gasteiger partial charge is 0.492 e. The van der Waals surface area contributed by atoms with E-state index in [0.29, 0.717) is 6.61 Å². The minimum Gasteiger partial charge on any atom is -0.492 e. The fraction of sp³-hybridized carbons (Fsp3) is 0.250. The van der Waals surface area contributed by atoms with Gasteiger partial charge in [-0.2, -0.15) is 0 Å². The minimum atomic E-state index is -0.534. The molecule has 0 spiro atoms. The van der Waals surface area contributed by atoms with Crippen molar-refractivity contribution in [1.29, 1.82) is 0 Å². The number of benzene rings is 2. The van der Waals surface area contributed by atoms with Gasteiger partial charge in [-0.15, -0.1) is 6.58 Å². The SMILES string of the molecule is C=CCCOc1c([C@@H](C)O)ccc2ccccc12. The van der Waals surface area contributed by atoms with Crippen molar-refractivity contribution in [2.24, 2.45) is 0 Å². The van der Waals surface area contributed by atoms with Crippen LogP contribution in [0.5, 0.6) is 5.75 Å². The summed E-state index contributed by atoms with van der Waals surface area (Å²) in [6.07, 6.45) is 2.09. The van der Waals surface area contributed by atoms with Crippen LogP contribution in [0.25, 0.3) is 10.8 Å². The molecule has 0 amide bonds. The van der Waals surface area contributed by atoms with Crippen molar-refractivity contribution < 1.29 is 9.84 Å². The molecule has 2 nitrogen and oxygen atoms in total. The molecule has 2 aromatic carbocycles. The molecule has 0 saturated heterocycles. The van der Waals surface area contributed by atoms with Gasteiger partial charge in [-0.1, -0.05) is 42.5 Å². The van der Waals surface area contributed by atoms with E-state index in [1.807, 2.05) is 42.5 Å². The zero-order chi connectivity index (χ0) is 13.0. The van der Waals surface area contributed by atoms with E-state index < -0.39 is 6.10 Å². The van der Waals surface area contributed by atoms with E-state index >= 15 is 0 Å². The van der Waals surface area contributed by atoms with Gasteiger partial charge in [0, 0.05) is 10.9 Å². The monoisotopic (exact) mass is 242 g/mol. The second kappa shape index (κ2) is 5.69. The highest BCUT2D eigenvalue weighted by Crippen LogP contribution is 2.33. The van der Waals surface area contributed by atoms with E-state index in [2.05, 4.69) is 6.58 Å². The van der Waals surface area contributed by atoms with E-state index in [4.69, 9.17) is 4.74 Å². The molecule has 18 heavy (non-hydrogen) atoms. The van der Waals surface area contributed by atoms with Gasteiger partial charge in [0.2, 0.25) is 0 Å². The summed E-state index contributed by atoms with van der Waals surface area (Å²) in [6.45, 7) is 6.02. The standard InChI is InChI=1S/C16H18O2/c1-3-4-11-18-16-14(12(2)17)10-9-13-7-5-6-8-15(13)16/h3,5-10,12,17H,1,4,11H2,2H3/t12-/m1/s1. The molecule has 1 atom stereocenters. The van der Waals surface area contributed by atoms with E-state index in [0.717, 1.165) is 28.5 Å². The Morgan fingerprint density at radius 2 is 2.06 bits per heavy atom. The summed E-state index contributed by atoms with van der Waals surface area (Å²) in [7, 11) is 0. The van der Waals surface area contributed by atoms with Gasteiger partial charge >= 0.3 is 0 Å². The van der Waals surface area contributed by atoms with Crippen molar-refractivity contribution in [1.82, 2.24) is 0 Å². The van der Waals surface area contributed by atoms with Crippen LogP contribution in [-0.4, -0.2) is 11.7 Å². The number of hydrogen-bond acceptors (Lipinski definition) is 2. The van der Waals surface area contributed by atoms with Gasteiger partial charge in [0.25, 0.3) is 0 Å². The maximum Gasteiger partial charge on any atom is 0.132 e. The van der Waals surface area contributed by atoms with Crippen molar-refractivity contribution in [3.05, 3.63) is 54.6 Å². The lowest BCUT2D eigenvalue weighted by molar-refractivity contribution is 0.192. The molecule has 0 saturated carbocycles. The molecular weight excluding hydrogens is 224 g/mol. The lowest BCUT2D eigenvalue weighted by atomic mass is 10.0. The molecule has 2 aromatic rings. The zero-order valence-corrected chi connectivity index (χ0v) is 10.6. The average Bonchev–Trinajstić information content (AvgIpc) is 2.38. The third-order valence-corrected chi connectivity index (χ3v) is 2.93. The third kappa shape index (κ3) is 2.54. The van der Waals surface area contributed by atoms with Gasteiger partial charge < -0.3 is 9.84 Å². The summed E-state index contributed by atoms with van der Waals surface area (Å²) in [5.41, 5.74) is 0.831. The first-order valence-corrected chi connectivity index (χ1v) is 6.17. The first-order chi connectivity index (χ1) is 8.74. The number of rotatable bonds is 5. The molecule has 1 N–H and O–H groups in total. The molecular formula is C16H18O2. The van der Waals surface area contributed by atoms with Gasteiger partial charge in [-0.25, -0.2) is 0 Å². The molecule has 0 aliphatic heterocycles. The average molecular weight is 242 g/mol. The molecule has 0 unspecified atom stereocenters. The van der Waals surface area contributed by atoms with Crippen LogP contribution in [-0.2, 0) is 0 Å². The number of hydrogen-bond donors (Lipinski definition) is 1. The molecule has 2 heteroatoms. The van der Waals surface area contributed by atoms with Crippen LogP contribution in [0.1, 0.15) is 25.0 Å². The number of aliphatic hydroxyl groups excluding tert-OH is 1. The second-order valence-electron chi connectivity index (χ2n) is 4.31. The van der Waals surface area contributed by atoms with E-state index in [-0.39, 0.29) is 0 Å². The predicted molar refractivity (Wildman–Crippen MR) is 74.9 cm³/mol. The molecule has 0 radical (unpaired) electrons. The number of ether oxygens (including phenoxy) is 1. The number of fused-ring (bicyclic) bond motifs is 1. The summed E-state index contributed by atoms with van der Waals surface area (Å²) in [4.78, 5) is 0. The Morgan fingerprint density at radius 1 is 1.28 bits per heavy atom. The Morgan fingerprint density at radius 3 is 2.78 bits per heavy atom. The summed E-state index contributed by atoms with van der Waals surface area (Å²) in [5, 5.41) is 12.0. The topological polar surface area (TPSA) is 29.5 Å². The van der Waals surface area contributed by atoms with Gasteiger partial charge in [0.05, 0.1) is 12.7 Å². The highest BCUT2D eigenvalue weighted by Gasteiger charge is 2.12. The van der Waals surface area contributed by atoms with Crippen LogP contribution in [0, 0.1) is 0 Å². The van der Waals surface area contributed by atoms with Crippen LogP contribution in [0.15, 0.2) is 49.1 Å². The van der Waals surface area contributed by atoms with Crippen molar-refractivity contribution in [3.8, 4) is 5.75 Å². The molecule has 94 valence electrons. The van der Waals surface area contributed by atoms with Crippen LogP contribution in [0.4, 0.5) is 0 Å². The highest BCUT2D eigenvalue weighted by atomic mass is 16.5. The summed E-state index contributed by atoms with van der Waals surface area (Å²) < 4.78 is 5.82. The molecule has 0 fully saturated rings. The quantitative estimate of drug-likeness (QED) is 0.637. The molecule has 0 bridgehead atoms. The van der Waals surface area contributed by atoms with Crippen molar-refractivity contribution in [2.45, 2.75) is 19.4 Å². The fourth-order valence-corrected chi connectivity index (χ4v) is 1.99.